The summed E-state index contributed by atoms with van der Waals surface area (Å²) in [7, 11) is -0.0354. The van der Waals surface area contributed by atoms with Gasteiger partial charge in [0.2, 0.25) is 0 Å². The van der Waals surface area contributed by atoms with Crippen molar-refractivity contribution >= 4 is 14.0 Å². The molecule has 0 spiro atoms. The Kier molecular flexibility index (Phi) is 5.54. The predicted molar refractivity (Wildman–Crippen MR) is 107 cm³/mol. The molecule has 0 saturated heterocycles. The molecule has 5 nitrogen and oxygen atoms in total. The number of anilines is 1. The van der Waals surface area contributed by atoms with Crippen LogP contribution in [0.3, 0.4) is 0 Å². The van der Waals surface area contributed by atoms with E-state index in [-0.39, 0.29) is 11.1 Å². The van der Waals surface area contributed by atoms with Crippen LogP contribution in [0, 0.1) is 0 Å². The van der Waals surface area contributed by atoms with Crippen molar-refractivity contribution < 1.29 is 4.43 Å². The zero-order valence-corrected chi connectivity index (χ0v) is 17.2. The summed E-state index contributed by atoms with van der Waals surface area (Å²) in [6.07, 6.45) is 5.99. The fourth-order valence-corrected chi connectivity index (χ4v) is 3.77. The number of nitrogens with two attached hydrogens (primary N) is 1. The molecule has 0 saturated carbocycles. The van der Waals surface area contributed by atoms with Crippen LogP contribution in [-0.4, -0.2) is 23.1 Å². The monoisotopic (exact) mass is 358 g/mol. The topological polar surface area (TPSA) is 66.0 Å². The summed E-state index contributed by atoms with van der Waals surface area (Å²) >= 11 is 0. The first kappa shape index (κ1) is 19.4. The zero-order valence-electron chi connectivity index (χ0n) is 16.2. The highest BCUT2D eigenvalue weighted by Crippen LogP contribution is 2.40. The molecule has 6 heteroatoms. The van der Waals surface area contributed by atoms with Crippen molar-refractivity contribution in [1.29, 1.82) is 0 Å². The van der Waals surface area contributed by atoms with E-state index in [1.165, 1.54) is 0 Å². The number of aryl methyl sites for hydroxylation is 1. The molecule has 0 bridgehead atoms. The van der Waals surface area contributed by atoms with Crippen LogP contribution >= 0.6 is 0 Å². The van der Waals surface area contributed by atoms with Gasteiger partial charge in [-0.05, 0) is 36.7 Å². The van der Waals surface area contributed by atoms with Crippen LogP contribution in [0.25, 0.3) is 11.3 Å². The van der Waals surface area contributed by atoms with Crippen LogP contribution in [-0.2, 0) is 11.5 Å². The molecular formula is C19H30N4OSi. The maximum absolute atomic E-state index is 6.61. The van der Waals surface area contributed by atoms with E-state index >= 15 is 0 Å². The Morgan fingerprint density at radius 3 is 2.60 bits per heavy atom. The average Bonchev–Trinajstić information content (AvgIpc) is 2.84. The Balaban J connectivity index is 2.40. The molecule has 136 valence electrons. The lowest BCUT2D eigenvalue weighted by Gasteiger charge is -2.39. The Morgan fingerprint density at radius 2 is 2.08 bits per heavy atom. The number of hydrogen-bond acceptors (Lipinski definition) is 4. The van der Waals surface area contributed by atoms with E-state index in [2.05, 4.69) is 56.6 Å². The minimum atomic E-state index is -1.92. The lowest BCUT2D eigenvalue weighted by atomic mass is 10.1. The summed E-state index contributed by atoms with van der Waals surface area (Å²) in [5.41, 5.74) is 9.53. The standard InChI is InChI=1S/C19H30N4OSi/c1-8-9-17(24-25(6,7)19(2,3)4)16-12-14(10-11-21-16)18-15(20)13-22-23(18)5/h8,10-13,17H,1,9,20H2,2-7H3. The van der Waals surface area contributed by atoms with Crippen molar-refractivity contribution in [2.24, 2.45) is 7.05 Å². The van der Waals surface area contributed by atoms with E-state index < -0.39 is 8.32 Å². The molecule has 2 aromatic heterocycles. The third-order valence-electron chi connectivity index (χ3n) is 4.98. The summed E-state index contributed by atoms with van der Waals surface area (Å²) < 4.78 is 8.40. The number of pyridine rings is 1. The fraction of sp³-hybridized carbons (Fsp3) is 0.474. The molecule has 0 amide bonds. The minimum absolute atomic E-state index is 0.104. The van der Waals surface area contributed by atoms with Gasteiger partial charge in [0.25, 0.3) is 0 Å². The molecule has 1 unspecified atom stereocenters. The average molecular weight is 359 g/mol. The third-order valence-corrected chi connectivity index (χ3v) is 9.46. The van der Waals surface area contributed by atoms with Crippen LogP contribution in [0.2, 0.25) is 18.1 Å². The second kappa shape index (κ2) is 7.13. The Bertz CT molecular complexity index is 727. The highest BCUT2D eigenvalue weighted by molar-refractivity contribution is 6.74. The van der Waals surface area contributed by atoms with Gasteiger partial charge in [-0.2, -0.15) is 5.10 Å². The van der Waals surface area contributed by atoms with Gasteiger partial charge in [-0.25, -0.2) is 0 Å². The first-order chi connectivity index (χ1) is 11.6. The van der Waals surface area contributed by atoms with Gasteiger partial charge in [-0.15, -0.1) is 6.58 Å². The Labute approximate surface area is 152 Å². The highest BCUT2D eigenvalue weighted by atomic mass is 28.4. The summed E-state index contributed by atoms with van der Waals surface area (Å²) in [5, 5.41) is 4.36. The number of hydrogen-bond donors (Lipinski definition) is 1. The number of aromatic nitrogens is 3. The van der Waals surface area contributed by atoms with E-state index in [1.54, 1.807) is 10.9 Å². The van der Waals surface area contributed by atoms with Crippen LogP contribution in [0.5, 0.6) is 0 Å². The third kappa shape index (κ3) is 4.19. The predicted octanol–water partition coefficient (Wildman–Crippen LogP) is 4.70. The first-order valence-electron chi connectivity index (χ1n) is 8.59. The van der Waals surface area contributed by atoms with Crippen molar-refractivity contribution in [3.8, 4) is 11.3 Å². The van der Waals surface area contributed by atoms with E-state index in [9.17, 15) is 0 Å². The van der Waals surface area contributed by atoms with Crippen molar-refractivity contribution in [2.45, 2.75) is 51.4 Å². The van der Waals surface area contributed by atoms with Crippen LogP contribution in [0.15, 0.2) is 37.2 Å². The van der Waals surface area contributed by atoms with Crippen LogP contribution in [0.4, 0.5) is 5.69 Å². The molecule has 0 aliphatic carbocycles. The second-order valence-electron chi connectivity index (χ2n) is 7.93. The normalized spacial score (nSPS) is 13.7. The van der Waals surface area contributed by atoms with Gasteiger partial charge in [-0.1, -0.05) is 26.8 Å². The summed E-state index contributed by atoms with van der Waals surface area (Å²) in [5.74, 6) is 0. The molecule has 2 rings (SSSR count). The molecule has 2 N–H and O–H groups in total. The van der Waals surface area contributed by atoms with Crippen molar-refractivity contribution in [2.75, 3.05) is 5.73 Å². The van der Waals surface area contributed by atoms with E-state index in [1.807, 2.05) is 25.4 Å². The summed E-state index contributed by atoms with van der Waals surface area (Å²) in [6.45, 7) is 15.1. The van der Waals surface area contributed by atoms with Gasteiger partial charge in [-0.3, -0.25) is 9.67 Å². The fourth-order valence-electron chi connectivity index (χ4n) is 2.49. The zero-order chi connectivity index (χ0) is 18.8. The molecule has 2 heterocycles. The Hall–Kier alpha value is -1.92. The molecule has 0 radical (unpaired) electrons. The van der Waals surface area contributed by atoms with Gasteiger partial charge in [0.05, 0.1) is 29.4 Å². The van der Waals surface area contributed by atoms with Crippen molar-refractivity contribution in [1.82, 2.24) is 14.8 Å². The van der Waals surface area contributed by atoms with Crippen LogP contribution in [0.1, 0.15) is 39.0 Å². The smallest absolute Gasteiger partial charge is 0.193 e. The molecule has 2 aromatic rings. The molecule has 0 fully saturated rings. The van der Waals surface area contributed by atoms with Gasteiger partial charge in [0.15, 0.2) is 8.32 Å². The molecule has 25 heavy (non-hydrogen) atoms. The molecule has 0 aromatic carbocycles. The summed E-state index contributed by atoms with van der Waals surface area (Å²) in [4.78, 5) is 4.57. The molecule has 0 aliphatic rings. The van der Waals surface area contributed by atoms with Gasteiger partial charge >= 0.3 is 0 Å². The van der Waals surface area contributed by atoms with E-state index in [0.29, 0.717) is 5.69 Å². The number of nitrogen functional groups attached to an aromatic ring is 1. The van der Waals surface area contributed by atoms with Crippen LogP contribution < -0.4 is 5.73 Å². The maximum atomic E-state index is 6.61. The summed E-state index contributed by atoms with van der Waals surface area (Å²) in [6, 6.07) is 4.00. The SMILES string of the molecule is C=CCC(O[Si](C)(C)C(C)(C)C)c1cc(-c2c(N)cnn2C)ccn1. The van der Waals surface area contributed by atoms with Gasteiger partial charge in [0.1, 0.15) is 0 Å². The van der Waals surface area contributed by atoms with Crippen molar-refractivity contribution in [3.63, 3.8) is 0 Å². The Morgan fingerprint density at radius 1 is 1.40 bits per heavy atom. The minimum Gasteiger partial charge on any atom is -0.408 e. The first-order valence-corrected chi connectivity index (χ1v) is 11.5. The van der Waals surface area contributed by atoms with Gasteiger partial charge < -0.3 is 10.2 Å². The second-order valence-corrected chi connectivity index (χ2v) is 12.7. The number of rotatable bonds is 6. The molecular weight excluding hydrogens is 328 g/mol. The largest absolute Gasteiger partial charge is 0.408 e. The van der Waals surface area contributed by atoms with Crippen molar-refractivity contribution in [3.05, 3.63) is 42.9 Å². The lowest BCUT2D eigenvalue weighted by molar-refractivity contribution is 0.182. The molecule has 1 atom stereocenters. The van der Waals surface area contributed by atoms with E-state index in [4.69, 9.17) is 10.2 Å². The van der Waals surface area contributed by atoms with E-state index in [0.717, 1.165) is 23.4 Å². The maximum Gasteiger partial charge on any atom is 0.193 e. The quantitative estimate of drug-likeness (QED) is 0.600. The lowest BCUT2D eigenvalue weighted by Crippen LogP contribution is -2.41. The number of nitrogens with zero attached hydrogens (tertiary/aromatic N) is 3. The van der Waals surface area contributed by atoms with Gasteiger partial charge in [0, 0.05) is 18.8 Å². The highest BCUT2D eigenvalue weighted by Gasteiger charge is 2.39. The molecule has 0 aliphatic heterocycles.